The maximum atomic E-state index is 5.91. The molecule has 1 unspecified atom stereocenters. The molecule has 0 bridgehead atoms. The Morgan fingerprint density at radius 2 is 1.53 bits per heavy atom. The van der Waals surface area contributed by atoms with Crippen molar-refractivity contribution < 1.29 is 13.6 Å². The van der Waals surface area contributed by atoms with Gasteiger partial charge in [-0.3, -0.25) is 0 Å². The average molecular weight is 278 g/mol. The molecule has 0 aliphatic carbocycles. The van der Waals surface area contributed by atoms with Gasteiger partial charge in [0.1, 0.15) is 0 Å². The lowest BCUT2D eigenvalue weighted by Crippen LogP contribution is -2.33. The van der Waals surface area contributed by atoms with Crippen LogP contribution in [0.15, 0.2) is 0 Å². The summed E-state index contributed by atoms with van der Waals surface area (Å²) in [4.78, 5) is 0. The third-order valence-electron chi connectivity index (χ3n) is 2.16. The van der Waals surface area contributed by atoms with Crippen molar-refractivity contribution >= 4 is 26.6 Å². The summed E-state index contributed by atoms with van der Waals surface area (Å²) in [5, 5.41) is 0.602. The van der Waals surface area contributed by atoms with E-state index in [1.165, 1.54) is 0 Å². The first-order valence-corrected chi connectivity index (χ1v) is 8.29. The van der Waals surface area contributed by atoms with Crippen LogP contribution in [-0.2, 0) is 13.6 Å². The molecule has 0 spiro atoms. The van der Waals surface area contributed by atoms with E-state index in [0.29, 0.717) is 17.2 Å². The van der Waals surface area contributed by atoms with Crippen LogP contribution in [0.5, 0.6) is 0 Å². The summed E-state index contributed by atoms with van der Waals surface area (Å²) < 4.78 is 17.1. The molecule has 0 rings (SSSR count). The van der Waals surface area contributed by atoms with Crippen LogP contribution in [0.3, 0.4) is 0 Å². The fourth-order valence-electron chi connectivity index (χ4n) is 1.36. The van der Waals surface area contributed by atoms with Crippen molar-refractivity contribution in [3.05, 3.63) is 0 Å². The van der Waals surface area contributed by atoms with Gasteiger partial charge < -0.3 is 13.6 Å². The number of rotatable bonds is 8. The zero-order valence-electron chi connectivity index (χ0n) is 11.9. The molecule has 3 nitrogen and oxygen atoms in total. The third kappa shape index (κ3) is 9.70. The second kappa shape index (κ2) is 9.02. The van der Waals surface area contributed by atoms with Crippen LogP contribution in [0.4, 0.5) is 0 Å². The Morgan fingerprint density at radius 3 is 1.88 bits per heavy atom. The Morgan fingerprint density at radius 1 is 1.06 bits per heavy atom. The predicted molar refractivity (Wildman–Crippen MR) is 77.9 cm³/mol. The summed E-state index contributed by atoms with van der Waals surface area (Å²) in [6.07, 6.45) is 1.38. The number of thiocarbonyl (C=S) groups is 1. The highest BCUT2D eigenvalue weighted by Gasteiger charge is 2.24. The van der Waals surface area contributed by atoms with E-state index in [2.05, 4.69) is 6.92 Å². The monoisotopic (exact) mass is 278 g/mol. The highest BCUT2D eigenvalue weighted by atomic mass is 32.1. The Kier molecular flexibility index (Phi) is 9.04. The first-order chi connectivity index (χ1) is 7.82. The van der Waals surface area contributed by atoms with E-state index in [0.717, 1.165) is 6.42 Å². The molecule has 0 radical (unpaired) electrons. The van der Waals surface area contributed by atoms with Crippen molar-refractivity contribution in [1.82, 2.24) is 0 Å². The van der Waals surface area contributed by atoms with Crippen LogP contribution < -0.4 is 0 Å². The second-order valence-electron chi connectivity index (χ2n) is 4.84. The van der Waals surface area contributed by atoms with Gasteiger partial charge in [0.05, 0.1) is 6.61 Å². The highest BCUT2D eigenvalue weighted by molar-refractivity contribution is 7.80. The molecule has 0 N–H and O–H groups in total. The number of hydrogen-bond acceptors (Lipinski definition) is 4. The lowest BCUT2D eigenvalue weighted by molar-refractivity contribution is 0.121. The Hall–Kier alpha value is 0.0269. The van der Waals surface area contributed by atoms with Crippen LogP contribution in [0.1, 0.15) is 48.0 Å². The van der Waals surface area contributed by atoms with Gasteiger partial charge in [-0.05, 0) is 46.3 Å². The molecule has 0 aromatic carbocycles. The standard InChI is InChI=1S/C12H26O3SSi/c1-9(2)14-17(15-10(3)4)11(5)7-8-13-12(6)16/h9-11,17H,7-8H2,1-6H3. The third-order valence-corrected chi connectivity index (χ3v) is 5.16. The molecule has 102 valence electrons. The van der Waals surface area contributed by atoms with Gasteiger partial charge in [-0.15, -0.1) is 0 Å². The van der Waals surface area contributed by atoms with Crippen molar-refractivity contribution in [2.45, 2.75) is 65.7 Å². The van der Waals surface area contributed by atoms with E-state index in [-0.39, 0.29) is 12.2 Å². The second-order valence-corrected chi connectivity index (χ2v) is 7.84. The SMILES string of the molecule is CC(=S)OCCC(C)[SiH](OC(C)C)OC(C)C. The first kappa shape index (κ1) is 17.0. The van der Waals surface area contributed by atoms with Crippen molar-refractivity contribution in [3.63, 3.8) is 0 Å². The van der Waals surface area contributed by atoms with Crippen LogP contribution in [0.25, 0.3) is 0 Å². The summed E-state index contributed by atoms with van der Waals surface area (Å²) in [6.45, 7) is 12.8. The molecule has 0 aliphatic heterocycles. The molecule has 0 aromatic heterocycles. The zero-order valence-corrected chi connectivity index (χ0v) is 13.8. The molecule has 0 heterocycles. The van der Waals surface area contributed by atoms with E-state index in [4.69, 9.17) is 25.8 Å². The summed E-state index contributed by atoms with van der Waals surface area (Å²) in [5.41, 5.74) is 0.425. The average Bonchev–Trinajstić information content (AvgIpc) is 2.14. The quantitative estimate of drug-likeness (QED) is 0.503. The summed E-state index contributed by atoms with van der Waals surface area (Å²) >= 11 is 4.88. The normalized spacial score (nSPS) is 13.5. The maximum Gasteiger partial charge on any atom is 0.324 e. The van der Waals surface area contributed by atoms with Crippen LogP contribution in [-0.4, -0.2) is 33.1 Å². The van der Waals surface area contributed by atoms with Gasteiger partial charge in [-0.1, -0.05) is 6.92 Å². The Bertz CT molecular complexity index is 212. The molecular formula is C12H26O3SSi. The fraction of sp³-hybridized carbons (Fsp3) is 0.917. The molecule has 0 saturated heterocycles. The van der Waals surface area contributed by atoms with Gasteiger partial charge in [-0.2, -0.15) is 0 Å². The zero-order chi connectivity index (χ0) is 13.4. The topological polar surface area (TPSA) is 27.7 Å². The van der Waals surface area contributed by atoms with E-state index >= 15 is 0 Å². The molecule has 0 amide bonds. The molecule has 1 atom stereocenters. The predicted octanol–water partition coefficient (Wildman–Crippen LogP) is 3.20. The van der Waals surface area contributed by atoms with Crippen molar-refractivity contribution in [1.29, 1.82) is 0 Å². The molecule has 0 aromatic rings. The van der Waals surface area contributed by atoms with Gasteiger partial charge in [0.15, 0.2) is 5.05 Å². The lowest BCUT2D eigenvalue weighted by atomic mass is 10.3. The largest absolute Gasteiger partial charge is 0.487 e. The van der Waals surface area contributed by atoms with Gasteiger partial charge in [0.2, 0.25) is 0 Å². The van der Waals surface area contributed by atoms with Gasteiger partial charge in [0, 0.05) is 24.7 Å². The van der Waals surface area contributed by atoms with Crippen LogP contribution in [0, 0.1) is 0 Å². The summed E-state index contributed by atoms with van der Waals surface area (Å²) in [6, 6.07) is 0. The number of ether oxygens (including phenoxy) is 1. The minimum Gasteiger partial charge on any atom is -0.487 e. The summed E-state index contributed by atoms with van der Waals surface area (Å²) in [5.74, 6) is 0. The number of hydrogen-bond donors (Lipinski definition) is 0. The molecule has 0 saturated carbocycles. The van der Waals surface area contributed by atoms with Crippen LogP contribution in [0.2, 0.25) is 5.54 Å². The maximum absolute atomic E-state index is 5.91. The van der Waals surface area contributed by atoms with E-state index in [1.54, 1.807) is 6.92 Å². The van der Waals surface area contributed by atoms with Gasteiger partial charge >= 0.3 is 9.28 Å². The Balaban J connectivity index is 4.11. The minimum atomic E-state index is -1.63. The Labute approximate surface area is 113 Å². The molecule has 5 heteroatoms. The fourth-order valence-corrected chi connectivity index (χ4v) is 3.53. The van der Waals surface area contributed by atoms with Crippen molar-refractivity contribution in [3.8, 4) is 0 Å². The molecule has 0 fully saturated rings. The first-order valence-electron chi connectivity index (χ1n) is 6.27. The highest BCUT2D eigenvalue weighted by Crippen LogP contribution is 2.19. The van der Waals surface area contributed by atoms with E-state index < -0.39 is 9.28 Å². The van der Waals surface area contributed by atoms with E-state index in [9.17, 15) is 0 Å². The van der Waals surface area contributed by atoms with Gasteiger partial charge in [-0.25, -0.2) is 0 Å². The van der Waals surface area contributed by atoms with Crippen LogP contribution >= 0.6 is 12.2 Å². The molecule has 0 aliphatic rings. The van der Waals surface area contributed by atoms with E-state index in [1.807, 2.05) is 27.7 Å². The summed E-state index contributed by atoms with van der Waals surface area (Å²) in [7, 11) is -1.63. The molecular weight excluding hydrogens is 252 g/mol. The van der Waals surface area contributed by atoms with Crippen molar-refractivity contribution in [2.75, 3.05) is 6.61 Å². The minimum absolute atomic E-state index is 0.223. The van der Waals surface area contributed by atoms with Gasteiger partial charge in [0.25, 0.3) is 0 Å². The lowest BCUT2D eigenvalue weighted by Gasteiger charge is -2.26. The smallest absolute Gasteiger partial charge is 0.324 e. The molecule has 17 heavy (non-hydrogen) atoms. The van der Waals surface area contributed by atoms with Crippen molar-refractivity contribution in [2.24, 2.45) is 0 Å².